The Labute approximate surface area is 138 Å². The molecule has 6 atom stereocenters. The molecule has 3 rings (SSSR count). The summed E-state index contributed by atoms with van der Waals surface area (Å²) in [4.78, 5) is 36.8. The van der Waals surface area contributed by atoms with Crippen LogP contribution in [0.1, 0.15) is 53.4 Å². The first kappa shape index (κ1) is 16.8. The van der Waals surface area contributed by atoms with Crippen LogP contribution in [-0.2, 0) is 19.1 Å². The van der Waals surface area contributed by atoms with Gasteiger partial charge in [-0.25, -0.2) is 0 Å². The molecule has 0 aromatic heterocycles. The standard InChI is InChI=1S/C19H28O4/c1-11(21)7-12-16(9-20)19(4)6-5-15-13(8-19)14(17(12)22)10-23-18(15,2)3/h9,12-16H,5-8,10H2,1-4H3/t12-,13?,14-,15?,16+,19+/m1/s1. The Balaban J connectivity index is 2.04. The molecule has 23 heavy (non-hydrogen) atoms. The van der Waals surface area contributed by atoms with Gasteiger partial charge in [-0.3, -0.25) is 4.79 Å². The zero-order chi connectivity index (χ0) is 17.0. The van der Waals surface area contributed by atoms with Crippen molar-refractivity contribution in [2.75, 3.05) is 6.61 Å². The highest BCUT2D eigenvalue weighted by Crippen LogP contribution is 2.58. The van der Waals surface area contributed by atoms with E-state index >= 15 is 0 Å². The second kappa shape index (κ2) is 5.51. The molecule has 0 N–H and O–H groups in total. The van der Waals surface area contributed by atoms with E-state index in [9.17, 15) is 14.4 Å². The molecule has 4 heteroatoms. The van der Waals surface area contributed by atoms with E-state index in [0.29, 0.717) is 12.5 Å². The van der Waals surface area contributed by atoms with Gasteiger partial charge in [-0.15, -0.1) is 0 Å². The number of ketones is 2. The van der Waals surface area contributed by atoms with Crippen molar-refractivity contribution in [3.63, 3.8) is 0 Å². The lowest BCUT2D eigenvalue weighted by Crippen LogP contribution is -2.53. The van der Waals surface area contributed by atoms with Crippen LogP contribution < -0.4 is 0 Å². The summed E-state index contributed by atoms with van der Waals surface area (Å²) in [7, 11) is 0. The normalized spacial score (nSPS) is 45.2. The molecule has 1 saturated heterocycles. The number of Topliss-reactive ketones (excluding diaryl/α,β-unsaturated/α-hetero) is 2. The van der Waals surface area contributed by atoms with E-state index < -0.39 is 5.92 Å². The van der Waals surface area contributed by atoms with Gasteiger partial charge in [0.25, 0.3) is 0 Å². The molecule has 0 aromatic carbocycles. The smallest absolute Gasteiger partial charge is 0.142 e. The first-order valence-electron chi connectivity index (χ1n) is 8.82. The van der Waals surface area contributed by atoms with E-state index in [0.717, 1.165) is 25.5 Å². The summed E-state index contributed by atoms with van der Waals surface area (Å²) in [5.74, 6) is -0.229. The Bertz CT molecular complexity index is 537. The van der Waals surface area contributed by atoms with E-state index in [-0.39, 0.29) is 46.8 Å². The highest BCUT2D eigenvalue weighted by atomic mass is 16.5. The highest BCUT2D eigenvalue weighted by Gasteiger charge is 2.58. The number of aldehydes is 1. The average Bonchev–Trinajstić information content (AvgIpc) is 2.51. The van der Waals surface area contributed by atoms with Crippen LogP contribution in [0, 0.1) is 35.0 Å². The number of fused-ring (bicyclic) bond motifs is 1. The lowest BCUT2D eigenvalue weighted by atomic mass is 9.56. The fourth-order valence-corrected chi connectivity index (χ4v) is 5.63. The van der Waals surface area contributed by atoms with Crippen LogP contribution in [0.3, 0.4) is 0 Å². The van der Waals surface area contributed by atoms with Gasteiger partial charge in [-0.1, -0.05) is 6.92 Å². The summed E-state index contributed by atoms with van der Waals surface area (Å²) in [6.07, 6.45) is 3.97. The van der Waals surface area contributed by atoms with Gasteiger partial charge in [0.1, 0.15) is 17.9 Å². The van der Waals surface area contributed by atoms with Crippen molar-refractivity contribution >= 4 is 17.9 Å². The van der Waals surface area contributed by atoms with Gasteiger partial charge in [0.2, 0.25) is 0 Å². The van der Waals surface area contributed by atoms with Crippen molar-refractivity contribution in [2.45, 2.75) is 59.0 Å². The van der Waals surface area contributed by atoms with Crippen molar-refractivity contribution in [3.05, 3.63) is 0 Å². The summed E-state index contributed by atoms with van der Waals surface area (Å²) < 4.78 is 6.05. The maximum absolute atomic E-state index is 13.2. The van der Waals surface area contributed by atoms with Crippen LogP contribution in [0.15, 0.2) is 0 Å². The molecule has 2 saturated carbocycles. The molecule has 0 aromatic rings. The quantitative estimate of drug-likeness (QED) is 0.750. The lowest BCUT2D eigenvalue weighted by Gasteiger charge is -2.53. The van der Waals surface area contributed by atoms with E-state index in [1.807, 2.05) is 0 Å². The average molecular weight is 320 g/mol. The number of hydrogen-bond donors (Lipinski definition) is 0. The zero-order valence-electron chi connectivity index (χ0n) is 14.6. The molecular formula is C19H28O4. The van der Waals surface area contributed by atoms with Gasteiger partial charge >= 0.3 is 0 Å². The van der Waals surface area contributed by atoms with Crippen LogP contribution in [-0.4, -0.2) is 30.1 Å². The van der Waals surface area contributed by atoms with E-state index in [4.69, 9.17) is 4.74 Å². The predicted octanol–water partition coefficient (Wildman–Crippen LogP) is 2.83. The van der Waals surface area contributed by atoms with Gasteiger partial charge in [0.15, 0.2) is 0 Å². The molecular weight excluding hydrogens is 292 g/mol. The molecule has 3 fully saturated rings. The molecule has 0 spiro atoms. The molecule has 128 valence electrons. The SMILES string of the molecule is CC(=O)C[C@H]1C(=O)[C@@H]2COC(C)(C)C3CC[C@@](C)(CC32)[C@H]1C=O. The molecule has 0 amide bonds. The second-order valence-corrected chi connectivity index (χ2v) is 8.76. The van der Waals surface area contributed by atoms with Crippen LogP contribution >= 0.6 is 0 Å². The fraction of sp³-hybridized carbons (Fsp3) is 0.842. The maximum atomic E-state index is 13.2. The molecule has 3 aliphatic rings. The van der Waals surface area contributed by atoms with Gasteiger partial charge in [0.05, 0.1) is 12.2 Å². The first-order valence-corrected chi connectivity index (χ1v) is 8.82. The van der Waals surface area contributed by atoms with Crippen LogP contribution in [0.4, 0.5) is 0 Å². The summed E-state index contributed by atoms with van der Waals surface area (Å²) in [6.45, 7) is 8.33. The number of hydrogen-bond acceptors (Lipinski definition) is 4. The number of carbonyl (C=O) groups is 3. The minimum absolute atomic E-state index is 0.0103. The van der Waals surface area contributed by atoms with E-state index in [1.165, 1.54) is 6.92 Å². The molecule has 0 radical (unpaired) electrons. The summed E-state index contributed by atoms with van der Waals surface area (Å²) in [6, 6.07) is 0. The molecule has 2 bridgehead atoms. The second-order valence-electron chi connectivity index (χ2n) is 8.76. The highest BCUT2D eigenvalue weighted by molar-refractivity contribution is 5.91. The molecule has 4 nitrogen and oxygen atoms in total. The number of ether oxygens (including phenoxy) is 1. The van der Waals surface area contributed by atoms with Crippen molar-refractivity contribution in [2.24, 2.45) is 35.0 Å². The molecule has 1 heterocycles. The lowest BCUT2D eigenvalue weighted by molar-refractivity contribution is -0.174. The van der Waals surface area contributed by atoms with Crippen LogP contribution in [0.5, 0.6) is 0 Å². The first-order chi connectivity index (χ1) is 10.7. The number of rotatable bonds is 3. The van der Waals surface area contributed by atoms with E-state index in [1.54, 1.807) is 0 Å². The van der Waals surface area contributed by atoms with Crippen LogP contribution in [0.2, 0.25) is 0 Å². The summed E-state index contributed by atoms with van der Waals surface area (Å²) in [5, 5.41) is 0. The Kier molecular flexibility index (Phi) is 4.03. The van der Waals surface area contributed by atoms with Gasteiger partial charge in [-0.2, -0.15) is 0 Å². The Morgan fingerprint density at radius 1 is 1.35 bits per heavy atom. The monoisotopic (exact) mass is 320 g/mol. The topological polar surface area (TPSA) is 60.4 Å². The molecule has 2 unspecified atom stereocenters. The third-order valence-electron chi connectivity index (χ3n) is 6.91. The largest absolute Gasteiger partial charge is 0.375 e. The fourth-order valence-electron chi connectivity index (χ4n) is 5.63. The third-order valence-corrected chi connectivity index (χ3v) is 6.91. The summed E-state index contributed by atoms with van der Waals surface area (Å²) >= 11 is 0. The van der Waals surface area contributed by atoms with Crippen molar-refractivity contribution in [1.29, 1.82) is 0 Å². The van der Waals surface area contributed by atoms with Gasteiger partial charge in [-0.05, 0) is 57.3 Å². The van der Waals surface area contributed by atoms with E-state index in [2.05, 4.69) is 20.8 Å². The minimum Gasteiger partial charge on any atom is -0.375 e. The van der Waals surface area contributed by atoms with Gasteiger partial charge < -0.3 is 14.3 Å². The number of carbonyl (C=O) groups excluding carboxylic acids is 3. The van der Waals surface area contributed by atoms with Crippen molar-refractivity contribution < 1.29 is 19.1 Å². The minimum atomic E-state index is -0.464. The Morgan fingerprint density at radius 3 is 2.65 bits per heavy atom. The van der Waals surface area contributed by atoms with Crippen molar-refractivity contribution in [3.8, 4) is 0 Å². The summed E-state index contributed by atoms with van der Waals surface area (Å²) in [5.41, 5.74) is -0.374. The zero-order valence-corrected chi connectivity index (χ0v) is 14.6. The Hall–Kier alpha value is -1.03. The van der Waals surface area contributed by atoms with Crippen LogP contribution in [0.25, 0.3) is 0 Å². The molecule has 1 aliphatic heterocycles. The van der Waals surface area contributed by atoms with Crippen molar-refractivity contribution in [1.82, 2.24) is 0 Å². The maximum Gasteiger partial charge on any atom is 0.142 e. The third kappa shape index (κ3) is 2.59. The molecule has 2 aliphatic carbocycles. The van der Waals surface area contributed by atoms with Gasteiger partial charge in [0, 0.05) is 24.2 Å². The Morgan fingerprint density at radius 2 is 2.04 bits per heavy atom. The predicted molar refractivity (Wildman–Crippen MR) is 85.8 cm³/mol.